The lowest BCUT2D eigenvalue weighted by Gasteiger charge is -2.23. The summed E-state index contributed by atoms with van der Waals surface area (Å²) in [5.41, 5.74) is 4.45. The lowest BCUT2D eigenvalue weighted by molar-refractivity contribution is 0.685. The third kappa shape index (κ3) is 2.32. The highest BCUT2D eigenvalue weighted by atomic mass is 79.9. The number of fused-ring (bicyclic) bond motifs is 1. The fourth-order valence-corrected chi connectivity index (χ4v) is 3.15. The van der Waals surface area contributed by atoms with Crippen molar-refractivity contribution in [3.8, 4) is 6.07 Å². The Balaban J connectivity index is 1.91. The van der Waals surface area contributed by atoms with Gasteiger partial charge in [-0.25, -0.2) is 0 Å². The van der Waals surface area contributed by atoms with Crippen molar-refractivity contribution < 1.29 is 0 Å². The molecule has 0 spiro atoms. The van der Waals surface area contributed by atoms with E-state index in [0.29, 0.717) is 5.56 Å². The van der Waals surface area contributed by atoms with Crippen LogP contribution in [0.15, 0.2) is 28.9 Å². The molecule has 0 aliphatic carbocycles. The first kappa shape index (κ1) is 13.2. The normalized spacial score (nSPS) is 14.6. The lowest BCUT2D eigenvalue weighted by atomic mass is 10.2. The maximum atomic E-state index is 8.99. The van der Waals surface area contributed by atoms with Crippen LogP contribution in [0.1, 0.15) is 23.2 Å². The predicted molar refractivity (Wildman–Crippen MR) is 81.4 cm³/mol. The van der Waals surface area contributed by atoms with E-state index in [4.69, 9.17) is 5.26 Å². The Hall–Kier alpha value is -1.80. The van der Waals surface area contributed by atoms with Gasteiger partial charge in [0.15, 0.2) is 0 Å². The fourth-order valence-electron chi connectivity index (χ4n) is 2.70. The van der Waals surface area contributed by atoms with Crippen molar-refractivity contribution in [1.82, 2.24) is 9.78 Å². The first-order valence-electron chi connectivity index (χ1n) is 6.63. The van der Waals surface area contributed by atoms with Gasteiger partial charge < -0.3 is 4.90 Å². The Labute approximate surface area is 126 Å². The first-order chi connectivity index (χ1) is 9.69. The summed E-state index contributed by atoms with van der Waals surface area (Å²) in [6.07, 6.45) is 4.15. The van der Waals surface area contributed by atoms with E-state index in [-0.39, 0.29) is 0 Å². The van der Waals surface area contributed by atoms with Crippen LogP contribution in [0.4, 0.5) is 5.69 Å². The third-order valence-electron chi connectivity index (χ3n) is 3.79. The van der Waals surface area contributed by atoms with Gasteiger partial charge in [-0.1, -0.05) is 0 Å². The van der Waals surface area contributed by atoms with Gasteiger partial charge in [0.05, 0.1) is 11.8 Å². The van der Waals surface area contributed by atoms with E-state index in [1.54, 1.807) is 0 Å². The van der Waals surface area contributed by atoms with Crippen LogP contribution in [0.3, 0.4) is 0 Å². The minimum Gasteiger partial charge on any atom is -0.367 e. The maximum absolute atomic E-state index is 8.99. The minimum atomic E-state index is 0.672. The van der Waals surface area contributed by atoms with Crippen LogP contribution in [-0.4, -0.2) is 16.3 Å². The van der Waals surface area contributed by atoms with Gasteiger partial charge in [0.2, 0.25) is 0 Å². The van der Waals surface area contributed by atoms with Crippen molar-refractivity contribution in [2.75, 3.05) is 11.4 Å². The van der Waals surface area contributed by atoms with Gasteiger partial charge in [-0.15, -0.1) is 0 Å². The number of nitriles is 1. The van der Waals surface area contributed by atoms with E-state index in [1.807, 2.05) is 36.1 Å². The molecule has 1 aliphatic rings. The quantitative estimate of drug-likeness (QED) is 0.807. The molecule has 0 N–H and O–H groups in total. The number of aromatic nitrogens is 2. The average molecular weight is 331 g/mol. The standard InChI is InChI=1S/C15H15BrN4/c1-19-15-3-2-6-20(10-12(15)9-18-19)13-5-4-11(8-17)14(16)7-13/h4-5,7,9H,2-3,6,10H2,1H3. The number of anilines is 1. The summed E-state index contributed by atoms with van der Waals surface area (Å²) >= 11 is 3.46. The largest absolute Gasteiger partial charge is 0.367 e. The van der Waals surface area contributed by atoms with Gasteiger partial charge in [0, 0.05) is 41.6 Å². The predicted octanol–water partition coefficient (Wildman–Crippen LogP) is 3.01. The van der Waals surface area contributed by atoms with Crippen molar-refractivity contribution >= 4 is 21.6 Å². The first-order valence-corrected chi connectivity index (χ1v) is 7.42. The van der Waals surface area contributed by atoms with Crippen molar-refractivity contribution in [2.45, 2.75) is 19.4 Å². The molecule has 0 fully saturated rings. The highest BCUT2D eigenvalue weighted by Crippen LogP contribution is 2.27. The van der Waals surface area contributed by atoms with Gasteiger partial charge in [-0.05, 0) is 47.0 Å². The second-order valence-electron chi connectivity index (χ2n) is 5.04. The van der Waals surface area contributed by atoms with Crippen LogP contribution in [0, 0.1) is 11.3 Å². The summed E-state index contributed by atoms with van der Waals surface area (Å²) < 4.78 is 2.83. The molecule has 0 saturated carbocycles. The molecule has 4 nitrogen and oxygen atoms in total. The van der Waals surface area contributed by atoms with E-state index in [0.717, 1.165) is 36.1 Å². The van der Waals surface area contributed by atoms with E-state index in [1.165, 1.54) is 11.3 Å². The molecule has 0 saturated heterocycles. The van der Waals surface area contributed by atoms with Gasteiger partial charge in [0.1, 0.15) is 6.07 Å². The third-order valence-corrected chi connectivity index (χ3v) is 4.45. The van der Waals surface area contributed by atoms with E-state index in [9.17, 15) is 0 Å². The summed E-state index contributed by atoms with van der Waals surface area (Å²) in [5, 5.41) is 13.3. The Kier molecular flexibility index (Phi) is 3.49. The lowest BCUT2D eigenvalue weighted by Crippen LogP contribution is -2.22. The average Bonchev–Trinajstić information content (AvgIpc) is 2.68. The van der Waals surface area contributed by atoms with Crippen molar-refractivity contribution in [2.24, 2.45) is 7.05 Å². The SMILES string of the molecule is Cn1ncc2c1CCCN(c1ccc(C#N)c(Br)c1)C2. The van der Waals surface area contributed by atoms with Crippen LogP contribution >= 0.6 is 15.9 Å². The number of nitrogens with zero attached hydrogens (tertiary/aromatic N) is 4. The van der Waals surface area contributed by atoms with Crippen molar-refractivity contribution in [3.05, 3.63) is 45.7 Å². The molecular formula is C15H15BrN4. The van der Waals surface area contributed by atoms with Crippen LogP contribution in [-0.2, 0) is 20.0 Å². The van der Waals surface area contributed by atoms with Crippen LogP contribution in [0.25, 0.3) is 0 Å². The molecule has 0 unspecified atom stereocenters. The summed E-state index contributed by atoms with van der Waals surface area (Å²) in [6, 6.07) is 8.09. The summed E-state index contributed by atoms with van der Waals surface area (Å²) in [6.45, 7) is 1.90. The van der Waals surface area contributed by atoms with Gasteiger partial charge in [-0.3, -0.25) is 4.68 Å². The molecule has 0 bridgehead atoms. The molecule has 2 aromatic rings. The number of benzene rings is 1. The molecule has 3 rings (SSSR count). The Morgan fingerprint density at radius 3 is 3.00 bits per heavy atom. The van der Waals surface area contributed by atoms with Gasteiger partial charge in [-0.2, -0.15) is 10.4 Å². The van der Waals surface area contributed by atoms with Crippen molar-refractivity contribution in [3.63, 3.8) is 0 Å². The van der Waals surface area contributed by atoms with Gasteiger partial charge >= 0.3 is 0 Å². The molecule has 2 heterocycles. The smallest absolute Gasteiger partial charge is 0.100 e. The van der Waals surface area contributed by atoms with E-state index in [2.05, 4.69) is 32.0 Å². The van der Waals surface area contributed by atoms with Crippen molar-refractivity contribution in [1.29, 1.82) is 5.26 Å². The number of hydrogen-bond donors (Lipinski definition) is 0. The molecule has 1 aliphatic heterocycles. The van der Waals surface area contributed by atoms with Crippen LogP contribution in [0.5, 0.6) is 0 Å². The molecule has 1 aromatic carbocycles. The zero-order valence-electron chi connectivity index (χ0n) is 11.3. The van der Waals surface area contributed by atoms with Crippen LogP contribution < -0.4 is 4.90 Å². The summed E-state index contributed by atoms with van der Waals surface area (Å²) in [5.74, 6) is 0. The molecule has 102 valence electrons. The second kappa shape index (κ2) is 5.29. The Morgan fingerprint density at radius 1 is 1.40 bits per heavy atom. The minimum absolute atomic E-state index is 0.672. The number of aryl methyl sites for hydroxylation is 1. The molecule has 1 aromatic heterocycles. The molecular weight excluding hydrogens is 316 g/mol. The number of halogens is 1. The van der Waals surface area contributed by atoms with E-state index >= 15 is 0 Å². The molecule has 0 amide bonds. The molecule has 0 radical (unpaired) electrons. The Bertz CT molecular complexity index is 684. The summed E-state index contributed by atoms with van der Waals surface area (Å²) in [7, 11) is 2.01. The molecule has 0 atom stereocenters. The molecule has 5 heteroatoms. The number of rotatable bonds is 1. The maximum Gasteiger partial charge on any atom is 0.100 e. The summed E-state index contributed by atoms with van der Waals surface area (Å²) in [4.78, 5) is 2.35. The fraction of sp³-hybridized carbons (Fsp3) is 0.333. The molecule has 20 heavy (non-hydrogen) atoms. The Morgan fingerprint density at radius 2 is 2.25 bits per heavy atom. The second-order valence-corrected chi connectivity index (χ2v) is 5.90. The zero-order valence-corrected chi connectivity index (χ0v) is 12.9. The monoisotopic (exact) mass is 330 g/mol. The highest BCUT2D eigenvalue weighted by Gasteiger charge is 2.18. The van der Waals surface area contributed by atoms with E-state index < -0.39 is 0 Å². The van der Waals surface area contributed by atoms with Crippen LogP contribution in [0.2, 0.25) is 0 Å². The highest BCUT2D eigenvalue weighted by molar-refractivity contribution is 9.10. The topological polar surface area (TPSA) is 44.9 Å². The number of hydrogen-bond acceptors (Lipinski definition) is 3. The zero-order chi connectivity index (χ0) is 14.1. The van der Waals surface area contributed by atoms with Gasteiger partial charge in [0.25, 0.3) is 0 Å².